The van der Waals surface area contributed by atoms with Gasteiger partial charge in [-0.3, -0.25) is 4.79 Å². The zero-order valence-electron chi connectivity index (χ0n) is 12.5. The van der Waals surface area contributed by atoms with E-state index in [1.165, 1.54) is 18.6 Å². The summed E-state index contributed by atoms with van der Waals surface area (Å²) in [5.74, 6) is -0.320. The average Bonchev–Trinajstić information content (AvgIpc) is 2.76. The maximum absolute atomic E-state index is 12.3. The lowest BCUT2D eigenvalue weighted by Crippen LogP contribution is -2.38. The van der Waals surface area contributed by atoms with Gasteiger partial charge in [-0.25, -0.2) is 18.4 Å². The van der Waals surface area contributed by atoms with Crippen LogP contribution in [0.1, 0.15) is 24.2 Å². The standard InChI is InChI=1S/C13H17BrN4O3S/c1-13(2,7-22(3,20)21)6-17-12(19)8-4-15-11-10(8)18-9(14)5-16-11/h4-5H,6-7H2,1-3H3,(H,15,16)(H,17,19). The molecule has 0 aliphatic heterocycles. The molecule has 0 aliphatic carbocycles. The molecule has 0 aromatic carbocycles. The van der Waals surface area contributed by atoms with Crippen molar-refractivity contribution in [3.8, 4) is 0 Å². The zero-order valence-corrected chi connectivity index (χ0v) is 14.9. The Hall–Kier alpha value is -1.48. The number of hydrogen-bond acceptors (Lipinski definition) is 5. The van der Waals surface area contributed by atoms with Crippen molar-refractivity contribution in [2.75, 3.05) is 18.6 Å². The highest BCUT2D eigenvalue weighted by atomic mass is 79.9. The molecule has 1 amide bonds. The van der Waals surface area contributed by atoms with Crippen LogP contribution >= 0.6 is 15.9 Å². The fourth-order valence-corrected chi connectivity index (χ4v) is 4.02. The lowest BCUT2D eigenvalue weighted by atomic mass is 9.96. The van der Waals surface area contributed by atoms with Gasteiger partial charge >= 0.3 is 0 Å². The maximum atomic E-state index is 12.3. The Morgan fingerprint density at radius 2 is 2.14 bits per heavy atom. The lowest BCUT2D eigenvalue weighted by Gasteiger charge is -2.23. The summed E-state index contributed by atoms with van der Waals surface area (Å²) < 4.78 is 23.3. The Kier molecular flexibility index (Phi) is 4.57. The highest BCUT2D eigenvalue weighted by molar-refractivity contribution is 9.10. The van der Waals surface area contributed by atoms with Crippen LogP contribution in [0.15, 0.2) is 17.0 Å². The van der Waals surface area contributed by atoms with Crippen LogP contribution in [0.3, 0.4) is 0 Å². The molecular weight excluding hydrogens is 372 g/mol. The van der Waals surface area contributed by atoms with Gasteiger partial charge in [0, 0.05) is 19.0 Å². The largest absolute Gasteiger partial charge is 0.351 e. The monoisotopic (exact) mass is 388 g/mol. The van der Waals surface area contributed by atoms with Gasteiger partial charge in [-0.15, -0.1) is 0 Å². The number of carbonyl (C=O) groups is 1. The van der Waals surface area contributed by atoms with Crippen LogP contribution < -0.4 is 5.32 Å². The van der Waals surface area contributed by atoms with E-state index in [1.807, 2.05) is 0 Å². The van der Waals surface area contributed by atoms with E-state index in [9.17, 15) is 13.2 Å². The SMILES string of the molecule is CC(C)(CNC(=O)c1c[nH]c2ncc(Br)nc12)CS(C)(=O)=O. The Balaban J connectivity index is 2.13. The first kappa shape index (κ1) is 16.9. The van der Waals surface area contributed by atoms with Crippen LogP contribution in [-0.4, -0.2) is 47.8 Å². The van der Waals surface area contributed by atoms with E-state index in [-0.39, 0.29) is 18.2 Å². The summed E-state index contributed by atoms with van der Waals surface area (Å²) in [6, 6.07) is 0. The molecule has 2 rings (SSSR count). The third-order valence-electron chi connectivity index (χ3n) is 2.98. The number of halogens is 1. The van der Waals surface area contributed by atoms with Gasteiger partial charge in [0.1, 0.15) is 20.0 Å². The predicted molar refractivity (Wildman–Crippen MR) is 87.4 cm³/mol. The molecule has 0 saturated heterocycles. The van der Waals surface area contributed by atoms with Crippen LogP contribution in [0, 0.1) is 5.41 Å². The van der Waals surface area contributed by atoms with E-state index in [0.717, 1.165) is 0 Å². The minimum Gasteiger partial charge on any atom is -0.351 e. The van der Waals surface area contributed by atoms with Gasteiger partial charge in [0.15, 0.2) is 5.65 Å². The fourth-order valence-electron chi connectivity index (χ4n) is 2.22. The second kappa shape index (κ2) is 5.96. The molecule has 0 radical (unpaired) electrons. The van der Waals surface area contributed by atoms with Gasteiger partial charge in [-0.2, -0.15) is 0 Å². The fraction of sp³-hybridized carbons (Fsp3) is 0.462. The number of hydrogen-bond donors (Lipinski definition) is 2. The van der Waals surface area contributed by atoms with Crippen molar-refractivity contribution in [2.24, 2.45) is 5.41 Å². The molecule has 0 unspecified atom stereocenters. The highest BCUT2D eigenvalue weighted by Gasteiger charge is 2.25. The molecule has 0 aliphatic rings. The van der Waals surface area contributed by atoms with E-state index >= 15 is 0 Å². The molecule has 0 saturated carbocycles. The summed E-state index contributed by atoms with van der Waals surface area (Å²) in [7, 11) is -3.11. The van der Waals surface area contributed by atoms with Crippen LogP contribution in [0.2, 0.25) is 0 Å². The topological polar surface area (TPSA) is 105 Å². The van der Waals surface area contributed by atoms with Crippen LogP contribution in [0.5, 0.6) is 0 Å². The first-order valence-corrected chi connectivity index (χ1v) is 9.38. The van der Waals surface area contributed by atoms with Gasteiger partial charge in [0.25, 0.3) is 5.91 Å². The van der Waals surface area contributed by atoms with Crippen molar-refractivity contribution >= 4 is 42.8 Å². The summed E-state index contributed by atoms with van der Waals surface area (Å²) in [5.41, 5.74) is 0.803. The number of nitrogens with one attached hydrogen (secondary N) is 2. The molecule has 2 N–H and O–H groups in total. The summed E-state index contributed by atoms with van der Waals surface area (Å²) >= 11 is 3.22. The first-order chi connectivity index (χ1) is 10.1. The number of fused-ring (bicyclic) bond motifs is 1. The third kappa shape index (κ3) is 4.26. The van der Waals surface area contributed by atoms with Gasteiger partial charge in [0.05, 0.1) is 17.5 Å². The van der Waals surface area contributed by atoms with Crippen molar-refractivity contribution in [1.82, 2.24) is 20.3 Å². The van der Waals surface area contributed by atoms with E-state index in [2.05, 4.69) is 36.2 Å². The molecule has 0 bridgehead atoms. The van der Waals surface area contributed by atoms with Crippen molar-refractivity contribution in [1.29, 1.82) is 0 Å². The second-order valence-corrected chi connectivity index (χ2v) is 8.96. The summed E-state index contributed by atoms with van der Waals surface area (Å²) in [5, 5.41) is 2.75. The molecule has 0 spiro atoms. The molecule has 2 aromatic rings. The molecule has 7 nitrogen and oxygen atoms in total. The van der Waals surface area contributed by atoms with E-state index in [4.69, 9.17) is 0 Å². The van der Waals surface area contributed by atoms with Gasteiger partial charge in [-0.1, -0.05) is 13.8 Å². The molecule has 2 aromatic heterocycles. The maximum Gasteiger partial charge on any atom is 0.255 e. The molecule has 9 heteroatoms. The van der Waals surface area contributed by atoms with Crippen molar-refractivity contribution in [3.05, 3.63) is 22.6 Å². The number of nitrogens with zero attached hydrogens (tertiary/aromatic N) is 2. The number of carbonyl (C=O) groups excluding carboxylic acids is 1. The van der Waals surface area contributed by atoms with E-state index < -0.39 is 15.3 Å². The normalized spacial score (nSPS) is 12.5. The first-order valence-electron chi connectivity index (χ1n) is 6.53. The average molecular weight is 389 g/mol. The van der Waals surface area contributed by atoms with Gasteiger partial charge in [-0.05, 0) is 21.3 Å². The van der Waals surface area contributed by atoms with E-state index in [1.54, 1.807) is 13.8 Å². The lowest BCUT2D eigenvalue weighted by molar-refractivity contribution is 0.0941. The molecular formula is C13H17BrN4O3S. The highest BCUT2D eigenvalue weighted by Crippen LogP contribution is 2.19. The van der Waals surface area contributed by atoms with Crippen molar-refractivity contribution in [3.63, 3.8) is 0 Å². The molecule has 120 valence electrons. The molecule has 22 heavy (non-hydrogen) atoms. The number of sulfone groups is 1. The quantitative estimate of drug-likeness (QED) is 0.807. The van der Waals surface area contributed by atoms with Crippen LogP contribution in [0.4, 0.5) is 0 Å². The second-order valence-electron chi connectivity index (χ2n) is 6.01. The van der Waals surface area contributed by atoms with Crippen LogP contribution in [-0.2, 0) is 9.84 Å². The molecule has 0 atom stereocenters. The smallest absolute Gasteiger partial charge is 0.255 e. The number of aromatic nitrogens is 3. The van der Waals surface area contributed by atoms with E-state index in [0.29, 0.717) is 21.3 Å². The van der Waals surface area contributed by atoms with Gasteiger partial charge in [0.2, 0.25) is 0 Å². The Bertz CT molecular complexity index is 814. The number of aromatic amines is 1. The Morgan fingerprint density at radius 3 is 2.77 bits per heavy atom. The summed E-state index contributed by atoms with van der Waals surface area (Å²) in [6.07, 6.45) is 4.26. The molecule has 0 fully saturated rings. The minimum absolute atomic E-state index is 0.000478. The summed E-state index contributed by atoms with van der Waals surface area (Å²) in [6.45, 7) is 3.83. The van der Waals surface area contributed by atoms with Crippen LogP contribution in [0.25, 0.3) is 11.2 Å². The van der Waals surface area contributed by atoms with Crippen molar-refractivity contribution < 1.29 is 13.2 Å². The summed E-state index contributed by atoms with van der Waals surface area (Å²) in [4.78, 5) is 23.5. The molecule has 2 heterocycles. The minimum atomic E-state index is -3.11. The Morgan fingerprint density at radius 1 is 1.45 bits per heavy atom. The van der Waals surface area contributed by atoms with Gasteiger partial charge < -0.3 is 10.3 Å². The van der Waals surface area contributed by atoms with Crippen molar-refractivity contribution in [2.45, 2.75) is 13.8 Å². The number of rotatable bonds is 5. The predicted octanol–water partition coefficient (Wildman–Crippen LogP) is 1.52. The third-order valence-corrected chi connectivity index (χ3v) is 4.66. The number of amides is 1. The number of H-pyrrole nitrogens is 1. The zero-order chi connectivity index (χ0) is 16.5. The Labute approximate surface area is 137 Å².